The van der Waals surface area contributed by atoms with Crippen molar-refractivity contribution in [2.45, 2.75) is 59.1 Å². The van der Waals surface area contributed by atoms with Gasteiger partial charge in [-0.05, 0) is 55.3 Å². The van der Waals surface area contributed by atoms with Gasteiger partial charge in [-0.25, -0.2) is 0 Å². The first kappa shape index (κ1) is 24.6. The van der Waals surface area contributed by atoms with E-state index < -0.39 is 0 Å². The summed E-state index contributed by atoms with van der Waals surface area (Å²) in [7, 11) is 0. The molecule has 2 rings (SSSR count). The highest BCUT2D eigenvalue weighted by Gasteiger charge is 2.07. The summed E-state index contributed by atoms with van der Waals surface area (Å²) in [6, 6.07) is 13.9. The van der Waals surface area contributed by atoms with Crippen molar-refractivity contribution < 1.29 is 9.47 Å². The summed E-state index contributed by atoms with van der Waals surface area (Å²) in [5, 5.41) is 4.25. The summed E-state index contributed by atoms with van der Waals surface area (Å²) in [6.45, 7) is 7.26. The van der Waals surface area contributed by atoms with Gasteiger partial charge in [0.1, 0.15) is 6.61 Å². The second-order valence-corrected chi connectivity index (χ2v) is 7.16. The maximum Gasteiger partial charge on any atom is 0.161 e. The van der Waals surface area contributed by atoms with E-state index in [2.05, 4.69) is 24.4 Å². The molecule has 2 aromatic carbocycles. The zero-order chi connectivity index (χ0) is 19.3. The molecule has 0 aliphatic carbocycles. The minimum absolute atomic E-state index is 0. The highest BCUT2D eigenvalue weighted by atomic mass is 35.5. The van der Waals surface area contributed by atoms with E-state index in [1.807, 2.05) is 37.3 Å². The fourth-order valence-corrected chi connectivity index (χ4v) is 3.00. The van der Waals surface area contributed by atoms with Gasteiger partial charge in [-0.1, -0.05) is 62.4 Å². The van der Waals surface area contributed by atoms with Crippen LogP contribution in [0, 0.1) is 0 Å². The maximum absolute atomic E-state index is 5.96. The number of unbranched alkanes of at least 4 members (excludes halogenated alkanes) is 4. The molecular formula is C23H33Cl2NO2. The van der Waals surface area contributed by atoms with Crippen LogP contribution in [0.25, 0.3) is 0 Å². The molecule has 0 saturated carbocycles. The van der Waals surface area contributed by atoms with Gasteiger partial charge in [-0.2, -0.15) is 0 Å². The van der Waals surface area contributed by atoms with Crippen LogP contribution in [0.1, 0.15) is 57.1 Å². The van der Waals surface area contributed by atoms with Crippen LogP contribution >= 0.6 is 24.0 Å². The third-order valence-corrected chi connectivity index (χ3v) is 4.65. The van der Waals surface area contributed by atoms with Crippen LogP contribution in [0.3, 0.4) is 0 Å². The van der Waals surface area contributed by atoms with E-state index in [-0.39, 0.29) is 12.4 Å². The van der Waals surface area contributed by atoms with Gasteiger partial charge >= 0.3 is 0 Å². The van der Waals surface area contributed by atoms with E-state index in [9.17, 15) is 0 Å². The minimum Gasteiger partial charge on any atom is -0.490 e. The first-order valence-corrected chi connectivity index (χ1v) is 10.4. The molecule has 2 aromatic rings. The van der Waals surface area contributed by atoms with Gasteiger partial charge in [0.25, 0.3) is 0 Å². The summed E-state index contributed by atoms with van der Waals surface area (Å²) in [5.41, 5.74) is 2.29. The number of rotatable bonds is 13. The average molecular weight is 426 g/mol. The largest absolute Gasteiger partial charge is 0.490 e. The molecule has 0 unspecified atom stereocenters. The lowest BCUT2D eigenvalue weighted by atomic mass is 10.1. The molecule has 5 heteroatoms. The molecule has 0 aromatic heterocycles. The van der Waals surface area contributed by atoms with E-state index in [0.29, 0.717) is 13.2 Å². The third kappa shape index (κ3) is 9.18. The van der Waals surface area contributed by atoms with Crippen LogP contribution in [0.2, 0.25) is 5.02 Å². The summed E-state index contributed by atoms with van der Waals surface area (Å²) in [5.74, 6) is 1.57. The van der Waals surface area contributed by atoms with Crippen molar-refractivity contribution in [1.82, 2.24) is 5.32 Å². The van der Waals surface area contributed by atoms with Crippen molar-refractivity contribution in [2.75, 3.05) is 13.2 Å². The summed E-state index contributed by atoms with van der Waals surface area (Å²) >= 11 is 5.93. The zero-order valence-electron chi connectivity index (χ0n) is 17.0. The Labute approximate surface area is 181 Å². The Morgan fingerprint density at radius 3 is 2.25 bits per heavy atom. The Balaban J connectivity index is 0.00000392. The Morgan fingerprint density at radius 1 is 0.821 bits per heavy atom. The monoisotopic (exact) mass is 425 g/mol. The smallest absolute Gasteiger partial charge is 0.161 e. The first-order valence-electron chi connectivity index (χ1n) is 10.1. The SMILES string of the molecule is CCCCCCCNCc1ccc(OCc2ccc(Cl)cc2)c(OCC)c1.Cl. The number of hydrogen-bond donors (Lipinski definition) is 1. The molecule has 0 heterocycles. The standard InChI is InChI=1S/C23H32ClNO2.ClH/c1-3-5-6-7-8-15-25-17-20-11-14-22(23(16-20)26-4-2)27-18-19-9-12-21(24)13-10-19;/h9-14,16,25H,3-8,15,17-18H2,1-2H3;1H. The van der Waals surface area contributed by atoms with Gasteiger partial charge in [0, 0.05) is 11.6 Å². The van der Waals surface area contributed by atoms with Crippen LogP contribution in [-0.2, 0) is 13.2 Å². The molecule has 0 atom stereocenters. The van der Waals surface area contributed by atoms with Crippen molar-refractivity contribution in [1.29, 1.82) is 0 Å². The van der Waals surface area contributed by atoms with Crippen molar-refractivity contribution >= 4 is 24.0 Å². The van der Waals surface area contributed by atoms with Gasteiger partial charge < -0.3 is 14.8 Å². The Kier molecular flexibility index (Phi) is 12.8. The molecule has 0 spiro atoms. The highest BCUT2D eigenvalue weighted by Crippen LogP contribution is 2.29. The Morgan fingerprint density at radius 2 is 1.54 bits per heavy atom. The van der Waals surface area contributed by atoms with Crippen molar-refractivity contribution in [3.05, 3.63) is 58.6 Å². The van der Waals surface area contributed by atoms with Crippen LogP contribution in [0.4, 0.5) is 0 Å². The Hall–Kier alpha value is -1.42. The van der Waals surface area contributed by atoms with Crippen molar-refractivity contribution in [3.63, 3.8) is 0 Å². The fourth-order valence-electron chi connectivity index (χ4n) is 2.88. The number of halogens is 2. The topological polar surface area (TPSA) is 30.5 Å². The third-order valence-electron chi connectivity index (χ3n) is 4.40. The number of ether oxygens (including phenoxy) is 2. The molecule has 0 fully saturated rings. The molecular weight excluding hydrogens is 393 g/mol. The Bertz CT molecular complexity index is 662. The normalized spacial score (nSPS) is 10.4. The maximum atomic E-state index is 5.96. The molecule has 3 nitrogen and oxygen atoms in total. The van der Waals surface area contributed by atoms with Crippen LogP contribution in [0.5, 0.6) is 11.5 Å². The lowest BCUT2D eigenvalue weighted by molar-refractivity contribution is 0.269. The molecule has 0 aliphatic rings. The average Bonchev–Trinajstić information content (AvgIpc) is 2.68. The van der Waals surface area contributed by atoms with Gasteiger partial charge in [-0.15, -0.1) is 12.4 Å². The van der Waals surface area contributed by atoms with Crippen LogP contribution in [0.15, 0.2) is 42.5 Å². The molecule has 0 amide bonds. The molecule has 156 valence electrons. The van der Waals surface area contributed by atoms with Crippen molar-refractivity contribution in [3.8, 4) is 11.5 Å². The lowest BCUT2D eigenvalue weighted by Crippen LogP contribution is -2.14. The lowest BCUT2D eigenvalue weighted by Gasteiger charge is -2.14. The van der Waals surface area contributed by atoms with Crippen molar-refractivity contribution in [2.24, 2.45) is 0 Å². The molecule has 28 heavy (non-hydrogen) atoms. The zero-order valence-corrected chi connectivity index (χ0v) is 18.6. The van der Waals surface area contributed by atoms with Crippen LogP contribution in [-0.4, -0.2) is 13.2 Å². The summed E-state index contributed by atoms with van der Waals surface area (Å²) in [6.07, 6.45) is 6.52. The quantitative estimate of drug-likeness (QED) is 0.357. The predicted molar refractivity (Wildman–Crippen MR) is 121 cm³/mol. The second kappa shape index (κ2) is 14.6. The second-order valence-electron chi connectivity index (χ2n) is 6.72. The van der Waals surface area contributed by atoms with E-state index in [4.69, 9.17) is 21.1 Å². The van der Waals surface area contributed by atoms with E-state index in [1.54, 1.807) is 0 Å². The number of nitrogens with one attached hydrogen (secondary N) is 1. The number of hydrogen-bond acceptors (Lipinski definition) is 3. The minimum atomic E-state index is 0. The van der Waals surface area contributed by atoms with Gasteiger partial charge in [-0.3, -0.25) is 0 Å². The molecule has 0 bridgehead atoms. The summed E-state index contributed by atoms with van der Waals surface area (Å²) < 4.78 is 11.7. The highest BCUT2D eigenvalue weighted by molar-refractivity contribution is 6.30. The van der Waals surface area contributed by atoms with E-state index in [1.165, 1.54) is 37.7 Å². The fraction of sp³-hybridized carbons (Fsp3) is 0.478. The molecule has 0 aliphatic heterocycles. The number of benzene rings is 2. The van der Waals surface area contributed by atoms with E-state index >= 15 is 0 Å². The summed E-state index contributed by atoms with van der Waals surface area (Å²) in [4.78, 5) is 0. The molecule has 0 radical (unpaired) electrons. The molecule has 1 N–H and O–H groups in total. The predicted octanol–water partition coefficient (Wildman–Crippen LogP) is 6.80. The van der Waals surface area contributed by atoms with Gasteiger partial charge in [0.2, 0.25) is 0 Å². The molecule has 0 saturated heterocycles. The van der Waals surface area contributed by atoms with E-state index in [0.717, 1.165) is 35.2 Å². The van der Waals surface area contributed by atoms with Gasteiger partial charge in [0.05, 0.1) is 6.61 Å². The van der Waals surface area contributed by atoms with Crippen LogP contribution < -0.4 is 14.8 Å². The first-order chi connectivity index (χ1) is 13.2. The van der Waals surface area contributed by atoms with Gasteiger partial charge in [0.15, 0.2) is 11.5 Å².